The fourth-order valence-corrected chi connectivity index (χ4v) is 0.880. The topological polar surface area (TPSA) is 18.5 Å². The van der Waals surface area contributed by atoms with E-state index in [1.165, 1.54) is 0 Å². The molecule has 0 N–H and O–H groups in total. The maximum Gasteiger partial charge on any atom is 0.132 e. The molecule has 0 saturated carbocycles. The minimum atomic E-state index is -0.0000926. The molecule has 0 unspecified atom stereocenters. The molecule has 0 aliphatic heterocycles. The molecule has 0 rings (SSSR count). The van der Waals surface area contributed by atoms with Gasteiger partial charge in [0.15, 0.2) is 0 Å². The van der Waals surface area contributed by atoms with Crippen LogP contribution in [0.3, 0.4) is 0 Å². The average Bonchev–Trinajstić information content (AvgIpc) is 1.97. The van der Waals surface area contributed by atoms with E-state index in [4.69, 9.17) is 9.47 Å². The van der Waals surface area contributed by atoms with Crippen molar-refractivity contribution >= 4 is 10.2 Å². The van der Waals surface area contributed by atoms with Crippen LogP contribution in [-0.2, 0) is 9.47 Å². The van der Waals surface area contributed by atoms with Crippen LogP contribution in [0.15, 0.2) is 0 Å². The summed E-state index contributed by atoms with van der Waals surface area (Å²) in [4.78, 5) is 0. The van der Waals surface area contributed by atoms with Gasteiger partial charge in [-0.25, -0.2) is 0 Å². The second-order valence-electron chi connectivity index (χ2n) is 2.17. The fraction of sp³-hybridized carbons (Fsp3) is 1.00. The Hall–Kier alpha value is 0.137. The highest BCUT2D eigenvalue weighted by Crippen LogP contribution is 1.91. The van der Waals surface area contributed by atoms with E-state index in [9.17, 15) is 0 Å². The van der Waals surface area contributed by atoms with Crippen molar-refractivity contribution in [3.63, 3.8) is 0 Å². The molecular formula is C7H17O2Si. The van der Waals surface area contributed by atoms with Crippen LogP contribution in [0.25, 0.3) is 0 Å². The second-order valence-corrected chi connectivity index (χ2v) is 2.84. The normalized spacial score (nSPS) is 10.8. The smallest absolute Gasteiger partial charge is 0.132 e. The van der Waals surface area contributed by atoms with Gasteiger partial charge in [-0.15, -0.1) is 0 Å². The molecule has 0 aromatic carbocycles. The summed E-state index contributed by atoms with van der Waals surface area (Å²) in [6.45, 7) is 5.79. The first-order chi connectivity index (χ1) is 4.81. The van der Waals surface area contributed by atoms with Crippen molar-refractivity contribution in [2.75, 3.05) is 13.2 Å². The molecule has 0 saturated heterocycles. The van der Waals surface area contributed by atoms with Gasteiger partial charge in [0.1, 0.15) is 5.91 Å². The predicted molar refractivity (Wildman–Crippen MR) is 44.8 cm³/mol. The standard InChI is InChI=1S/C7H17O2Si/c1-3-5-8-7(10)9-6-4-2/h7H,3-6,10H2,1-2H3. The van der Waals surface area contributed by atoms with Gasteiger partial charge in [0.05, 0.1) is 10.2 Å². The SMILES string of the molecule is CCCOC([SiH2])OCCC. The van der Waals surface area contributed by atoms with Crippen LogP contribution in [0.1, 0.15) is 26.7 Å². The van der Waals surface area contributed by atoms with Gasteiger partial charge in [-0.2, -0.15) is 0 Å². The highest BCUT2D eigenvalue weighted by Gasteiger charge is 1.97. The van der Waals surface area contributed by atoms with Crippen molar-refractivity contribution in [3.05, 3.63) is 0 Å². The van der Waals surface area contributed by atoms with E-state index >= 15 is 0 Å². The number of ether oxygens (including phenoxy) is 2. The minimum absolute atomic E-state index is 0.0000926. The minimum Gasteiger partial charge on any atom is -0.357 e. The molecular weight excluding hydrogens is 144 g/mol. The Morgan fingerprint density at radius 3 is 1.80 bits per heavy atom. The highest BCUT2D eigenvalue weighted by atomic mass is 28.1. The molecule has 0 bridgehead atoms. The van der Waals surface area contributed by atoms with Crippen molar-refractivity contribution in [1.82, 2.24) is 0 Å². The third-order valence-corrected chi connectivity index (χ3v) is 1.49. The van der Waals surface area contributed by atoms with Crippen LogP contribution in [0, 0.1) is 0 Å². The molecule has 0 fully saturated rings. The Kier molecular flexibility index (Phi) is 7.35. The summed E-state index contributed by atoms with van der Waals surface area (Å²) in [7, 11) is 1.74. The second kappa shape index (κ2) is 7.25. The maximum atomic E-state index is 5.28. The van der Waals surface area contributed by atoms with E-state index in [0.717, 1.165) is 26.1 Å². The lowest BCUT2D eigenvalue weighted by Crippen LogP contribution is -2.17. The van der Waals surface area contributed by atoms with E-state index < -0.39 is 0 Å². The van der Waals surface area contributed by atoms with Crippen molar-refractivity contribution < 1.29 is 9.47 Å². The molecule has 10 heavy (non-hydrogen) atoms. The van der Waals surface area contributed by atoms with Crippen LogP contribution in [0.4, 0.5) is 0 Å². The molecule has 3 heteroatoms. The molecule has 0 aliphatic carbocycles. The Labute approximate surface area is 66.3 Å². The number of rotatable bonds is 6. The number of hydrogen-bond acceptors (Lipinski definition) is 2. The van der Waals surface area contributed by atoms with E-state index in [0.29, 0.717) is 0 Å². The molecule has 0 aromatic rings. The Morgan fingerprint density at radius 2 is 1.50 bits per heavy atom. The number of hydrogen-bond donors (Lipinski definition) is 0. The van der Waals surface area contributed by atoms with Crippen LogP contribution in [0.2, 0.25) is 0 Å². The first-order valence-electron chi connectivity index (χ1n) is 3.87. The zero-order valence-electron chi connectivity index (χ0n) is 6.93. The van der Waals surface area contributed by atoms with E-state index in [-0.39, 0.29) is 5.91 Å². The third-order valence-electron chi connectivity index (χ3n) is 1.02. The first-order valence-corrected chi connectivity index (χ1v) is 4.69. The zero-order chi connectivity index (χ0) is 7.82. The van der Waals surface area contributed by atoms with E-state index in [2.05, 4.69) is 13.8 Å². The molecule has 0 aromatic heterocycles. The fourth-order valence-electron chi connectivity index (χ4n) is 0.547. The molecule has 0 aliphatic rings. The molecule has 0 amide bonds. The monoisotopic (exact) mass is 161 g/mol. The van der Waals surface area contributed by atoms with Crippen LogP contribution < -0.4 is 0 Å². The van der Waals surface area contributed by atoms with Gasteiger partial charge in [0, 0.05) is 13.2 Å². The molecule has 61 valence electrons. The van der Waals surface area contributed by atoms with Gasteiger partial charge in [-0.3, -0.25) is 0 Å². The Morgan fingerprint density at radius 1 is 1.10 bits per heavy atom. The molecule has 0 heterocycles. The quantitative estimate of drug-likeness (QED) is 0.423. The summed E-state index contributed by atoms with van der Waals surface area (Å²) in [6, 6.07) is 0. The van der Waals surface area contributed by atoms with Gasteiger partial charge >= 0.3 is 0 Å². The van der Waals surface area contributed by atoms with Crippen molar-refractivity contribution in [1.29, 1.82) is 0 Å². The lowest BCUT2D eigenvalue weighted by atomic mass is 10.5. The van der Waals surface area contributed by atoms with Crippen molar-refractivity contribution in [2.24, 2.45) is 0 Å². The van der Waals surface area contributed by atoms with Gasteiger partial charge in [-0.1, -0.05) is 13.8 Å². The summed E-state index contributed by atoms with van der Waals surface area (Å²) in [6.07, 6.45) is 2.12. The first kappa shape index (κ1) is 10.1. The summed E-state index contributed by atoms with van der Waals surface area (Å²) >= 11 is 0. The lowest BCUT2D eigenvalue weighted by molar-refractivity contribution is -0.0878. The van der Waals surface area contributed by atoms with Crippen LogP contribution >= 0.6 is 0 Å². The maximum absolute atomic E-state index is 5.28. The summed E-state index contributed by atoms with van der Waals surface area (Å²) < 4.78 is 10.6. The molecule has 0 atom stereocenters. The lowest BCUT2D eigenvalue weighted by Gasteiger charge is -2.12. The highest BCUT2D eigenvalue weighted by molar-refractivity contribution is 6.10. The van der Waals surface area contributed by atoms with Gasteiger partial charge < -0.3 is 9.47 Å². The van der Waals surface area contributed by atoms with Gasteiger partial charge in [0.25, 0.3) is 0 Å². The molecule has 1 radical (unpaired) electrons. The van der Waals surface area contributed by atoms with Gasteiger partial charge in [0.2, 0.25) is 0 Å². The average molecular weight is 161 g/mol. The Balaban J connectivity index is 3.00. The van der Waals surface area contributed by atoms with Crippen molar-refractivity contribution in [2.45, 2.75) is 32.6 Å². The zero-order valence-corrected chi connectivity index (χ0v) is 8.34. The Bertz CT molecular complexity index is 60.6. The largest absolute Gasteiger partial charge is 0.357 e. The third kappa shape index (κ3) is 6.26. The van der Waals surface area contributed by atoms with Crippen molar-refractivity contribution in [3.8, 4) is 0 Å². The van der Waals surface area contributed by atoms with Gasteiger partial charge in [-0.05, 0) is 12.8 Å². The molecule has 2 nitrogen and oxygen atoms in total. The molecule has 0 spiro atoms. The summed E-state index contributed by atoms with van der Waals surface area (Å²) in [5.41, 5.74) is 0. The van der Waals surface area contributed by atoms with E-state index in [1.807, 2.05) is 0 Å². The van der Waals surface area contributed by atoms with E-state index in [1.54, 1.807) is 10.2 Å². The summed E-state index contributed by atoms with van der Waals surface area (Å²) in [5, 5.41) is 0. The van der Waals surface area contributed by atoms with Crippen LogP contribution in [-0.4, -0.2) is 29.4 Å². The van der Waals surface area contributed by atoms with Crippen LogP contribution in [0.5, 0.6) is 0 Å². The predicted octanol–water partition coefficient (Wildman–Crippen LogP) is 0.756. The summed E-state index contributed by atoms with van der Waals surface area (Å²) in [5.74, 6) is -0.0000926.